The summed E-state index contributed by atoms with van der Waals surface area (Å²) in [5.74, 6) is 1.19. The average Bonchev–Trinajstić information content (AvgIpc) is 2.46. The van der Waals surface area contributed by atoms with Crippen molar-refractivity contribution in [3.05, 3.63) is 41.7 Å². The number of aromatic nitrogens is 2. The van der Waals surface area contributed by atoms with Gasteiger partial charge in [0, 0.05) is 25.2 Å². The van der Waals surface area contributed by atoms with E-state index in [9.17, 15) is 4.39 Å². The van der Waals surface area contributed by atoms with E-state index in [0.29, 0.717) is 23.1 Å². The molecule has 1 heterocycles. The minimum atomic E-state index is -0.219. The third-order valence-corrected chi connectivity index (χ3v) is 3.11. The van der Waals surface area contributed by atoms with Crippen LogP contribution in [0.25, 0.3) is 0 Å². The van der Waals surface area contributed by atoms with Gasteiger partial charge < -0.3 is 10.6 Å². The van der Waals surface area contributed by atoms with Gasteiger partial charge in [-0.2, -0.15) is 0 Å². The van der Waals surface area contributed by atoms with Crippen molar-refractivity contribution in [3.63, 3.8) is 0 Å². The maximum Gasteiger partial charge on any atom is 0.191 e. The van der Waals surface area contributed by atoms with Crippen LogP contribution in [0.2, 0.25) is 0 Å². The fourth-order valence-electron chi connectivity index (χ4n) is 1.56. The number of hydrogen-bond acceptors (Lipinski definition) is 5. The van der Waals surface area contributed by atoms with Crippen LogP contribution in [0.3, 0.4) is 0 Å². The summed E-state index contributed by atoms with van der Waals surface area (Å²) in [7, 11) is 1.80. The molecule has 6 heteroatoms. The molecule has 4 nitrogen and oxygen atoms in total. The van der Waals surface area contributed by atoms with E-state index in [2.05, 4.69) is 20.6 Å². The molecular formula is C13H15FN4S. The molecule has 0 aliphatic carbocycles. The number of benzene rings is 1. The molecule has 100 valence electrons. The Morgan fingerprint density at radius 3 is 2.63 bits per heavy atom. The molecule has 0 saturated heterocycles. The third-order valence-electron chi connectivity index (χ3n) is 2.56. The summed E-state index contributed by atoms with van der Waals surface area (Å²) in [4.78, 5) is 8.59. The van der Waals surface area contributed by atoms with Gasteiger partial charge in [-0.25, -0.2) is 14.4 Å². The molecule has 0 atom stereocenters. The average molecular weight is 278 g/mol. The zero-order valence-electron chi connectivity index (χ0n) is 10.8. The van der Waals surface area contributed by atoms with Gasteiger partial charge in [-0.15, -0.1) is 0 Å². The molecule has 0 bridgehead atoms. The lowest BCUT2D eigenvalue weighted by atomic mass is 10.2. The Labute approximate surface area is 115 Å². The van der Waals surface area contributed by atoms with E-state index in [-0.39, 0.29) is 5.82 Å². The first kappa shape index (κ1) is 13.6. The fourth-order valence-corrected chi connectivity index (χ4v) is 1.94. The lowest BCUT2D eigenvalue weighted by Gasteiger charge is -2.09. The predicted molar refractivity (Wildman–Crippen MR) is 77.1 cm³/mol. The van der Waals surface area contributed by atoms with E-state index in [0.717, 1.165) is 5.82 Å². The van der Waals surface area contributed by atoms with Crippen molar-refractivity contribution in [2.24, 2.45) is 0 Å². The Morgan fingerprint density at radius 1 is 1.21 bits per heavy atom. The van der Waals surface area contributed by atoms with Gasteiger partial charge in [-0.05, 0) is 12.3 Å². The summed E-state index contributed by atoms with van der Waals surface area (Å²) >= 11 is 1.46. The number of rotatable bonds is 5. The second kappa shape index (κ2) is 6.38. The van der Waals surface area contributed by atoms with Crippen LogP contribution in [-0.4, -0.2) is 23.3 Å². The molecule has 0 aliphatic rings. The number of halogens is 1. The molecule has 2 rings (SSSR count). The van der Waals surface area contributed by atoms with Crippen molar-refractivity contribution in [2.45, 2.75) is 11.7 Å². The highest BCUT2D eigenvalue weighted by Gasteiger charge is 2.04. The van der Waals surface area contributed by atoms with Crippen LogP contribution in [0.1, 0.15) is 5.56 Å². The Balaban J connectivity index is 2.13. The maximum atomic E-state index is 13.5. The maximum absolute atomic E-state index is 13.5. The SMILES string of the molecule is CNc1cc(NCc2ccccc2F)nc(SC)n1. The fraction of sp³-hybridized carbons (Fsp3) is 0.231. The summed E-state index contributed by atoms with van der Waals surface area (Å²) in [6.07, 6.45) is 1.91. The van der Waals surface area contributed by atoms with E-state index >= 15 is 0 Å². The highest BCUT2D eigenvalue weighted by atomic mass is 32.2. The Hall–Kier alpha value is -1.82. The minimum absolute atomic E-state index is 0.219. The van der Waals surface area contributed by atoms with Crippen molar-refractivity contribution in [3.8, 4) is 0 Å². The molecule has 1 aromatic heterocycles. The number of nitrogens with one attached hydrogen (secondary N) is 2. The first-order valence-corrected chi connectivity index (χ1v) is 7.03. The van der Waals surface area contributed by atoms with Crippen LogP contribution in [0.4, 0.5) is 16.0 Å². The van der Waals surface area contributed by atoms with E-state index in [4.69, 9.17) is 0 Å². The molecule has 0 saturated carbocycles. The zero-order chi connectivity index (χ0) is 13.7. The van der Waals surface area contributed by atoms with Crippen LogP contribution in [-0.2, 0) is 6.54 Å². The van der Waals surface area contributed by atoms with Crippen molar-refractivity contribution in [1.82, 2.24) is 9.97 Å². The van der Waals surface area contributed by atoms with Crippen molar-refractivity contribution >= 4 is 23.4 Å². The largest absolute Gasteiger partial charge is 0.373 e. The first-order chi connectivity index (χ1) is 9.22. The van der Waals surface area contributed by atoms with Gasteiger partial charge in [-0.3, -0.25) is 0 Å². The number of anilines is 2. The normalized spacial score (nSPS) is 10.3. The Bertz CT molecular complexity index is 540. The quantitative estimate of drug-likeness (QED) is 0.650. The summed E-state index contributed by atoms with van der Waals surface area (Å²) in [5.41, 5.74) is 0.609. The molecule has 0 radical (unpaired) electrons. The van der Waals surface area contributed by atoms with Crippen molar-refractivity contribution in [1.29, 1.82) is 0 Å². The van der Waals surface area contributed by atoms with Gasteiger partial charge in [-0.1, -0.05) is 30.0 Å². The third kappa shape index (κ3) is 3.57. The summed E-state index contributed by atoms with van der Waals surface area (Å²) < 4.78 is 13.5. The van der Waals surface area contributed by atoms with Crippen LogP contribution in [0.15, 0.2) is 35.5 Å². The van der Waals surface area contributed by atoms with Gasteiger partial charge in [0.25, 0.3) is 0 Å². The molecule has 2 N–H and O–H groups in total. The summed E-state index contributed by atoms with van der Waals surface area (Å²) in [6, 6.07) is 8.47. The van der Waals surface area contributed by atoms with E-state index < -0.39 is 0 Å². The first-order valence-electron chi connectivity index (χ1n) is 5.81. The molecule has 0 aliphatic heterocycles. The highest BCUT2D eigenvalue weighted by molar-refractivity contribution is 7.98. The smallest absolute Gasteiger partial charge is 0.191 e. The Morgan fingerprint density at radius 2 is 1.95 bits per heavy atom. The van der Waals surface area contributed by atoms with Crippen LogP contribution in [0, 0.1) is 5.82 Å². The number of hydrogen-bond donors (Lipinski definition) is 2. The second-order valence-electron chi connectivity index (χ2n) is 3.82. The van der Waals surface area contributed by atoms with Crippen molar-refractivity contribution < 1.29 is 4.39 Å². The van der Waals surface area contributed by atoms with E-state index in [1.54, 1.807) is 25.2 Å². The second-order valence-corrected chi connectivity index (χ2v) is 4.59. The monoisotopic (exact) mass is 278 g/mol. The van der Waals surface area contributed by atoms with Gasteiger partial charge in [0.15, 0.2) is 5.16 Å². The zero-order valence-corrected chi connectivity index (χ0v) is 11.6. The highest BCUT2D eigenvalue weighted by Crippen LogP contribution is 2.18. The van der Waals surface area contributed by atoms with Crippen LogP contribution in [0.5, 0.6) is 0 Å². The van der Waals surface area contributed by atoms with Gasteiger partial charge in [0.05, 0.1) is 0 Å². The molecule has 2 aromatic rings. The molecule has 19 heavy (non-hydrogen) atoms. The number of thioether (sulfide) groups is 1. The number of nitrogens with zero attached hydrogens (tertiary/aromatic N) is 2. The molecule has 0 spiro atoms. The molecule has 0 unspecified atom stereocenters. The van der Waals surface area contributed by atoms with E-state index in [1.165, 1.54) is 17.8 Å². The summed E-state index contributed by atoms with van der Waals surface area (Å²) in [5, 5.41) is 6.75. The van der Waals surface area contributed by atoms with Crippen molar-refractivity contribution in [2.75, 3.05) is 23.9 Å². The topological polar surface area (TPSA) is 49.8 Å². The van der Waals surface area contributed by atoms with Gasteiger partial charge in [0.2, 0.25) is 0 Å². The molecule has 1 aromatic carbocycles. The van der Waals surface area contributed by atoms with Crippen LogP contribution < -0.4 is 10.6 Å². The predicted octanol–water partition coefficient (Wildman–Crippen LogP) is 2.99. The lowest BCUT2D eigenvalue weighted by Crippen LogP contribution is -2.05. The standard InChI is InChI=1S/C13H15FN4S/c1-15-11-7-12(18-13(17-11)19-2)16-8-9-5-3-4-6-10(9)14/h3-7H,8H2,1-2H3,(H2,15,16,17,18). The molecule has 0 fully saturated rings. The minimum Gasteiger partial charge on any atom is -0.373 e. The Kier molecular flexibility index (Phi) is 4.57. The van der Waals surface area contributed by atoms with Crippen LogP contribution >= 0.6 is 11.8 Å². The summed E-state index contributed by atoms with van der Waals surface area (Å²) in [6.45, 7) is 0.390. The lowest BCUT2D eigenvalue weighted by molar-refractivity contribution is 0.613. The van der Waals surface area contributed by atoms with Gasteiger partial charge in [0.1, 0.15) is 17.5 Å². The molecular weight excluding hydrogens is 263 g/mol. The van der Waals surface area contributed by atoms with E-state index in [1.807, 2.05) is 12.3 Å². The molecule has 0 amide bonds. The van der Waals surface area contributed by atoms with Gasteiger partial charge >= 0.3 is 0 Å².